The zero-order valence-electron chi connectivity index (χ0n) is 4.90. The highest BCUT2D eigenvalue weighted by Gasteiger charge is 1.93. The highest BCUT2D eigenvalue weighted by molar-refractivity contribution is 9.10. The van der Waals surface area contributed by atoms with Gasteiger partial charge in [0, 0.05) is 6.07 Å². The average molecular weight is 199 g/mol. The van der Waals surface area contributed by atoms with Crippen LogP contribution in [0.1, 0.15) is 0 Å². The van der Waals surface area contributed by atoms with E-state index in [0.29, 0.717) is 0 Å². The minimum Gasteiger partial charge on any atom is -0.229 e. The van der Waals surface area contributed by atoms with Gasteiger partial charge in [-0.2, -0.15) is 5.10 Å². The van der Waals surface area contributed by atoms with Crippen molar-refractivity contribution in [3.05, 3.63) is 23.3 Å². The molecule has 0 amide bonds. The minimum absolute atomic E-state index is 0.771. The molecule has 0 aliphatic carbocycles. The maximum atomic E-state index is 3.96. The fourth-order valence-corrected chi connectivity index (χ4v) is 1.00. The number of hydrogen-bond donors (Lipinski definition) is 0. The highest BCUT2D eigenvalue weighted by Crippen LogP contribution is 2.05. The zero-order chi connectivity index (χ0) is 6.97. The van der Waals surface area contributed by atoms with Crippen molar-refractivity contribution in [3.63, 3.8) is 0 Å². The van der Waals surface area contributed by atoms with Crippen LogP contribution in [0.5, 0.6) is 0 Å². The van der Waals surface area contributed by atoms with Gasteiger partial charge in [0.05, 0.1) is 0 Å². The van der Waals surface area contributed by atoms with Crippen LogP contribution < -0.4 is 0 Å². The Hall–Kier alpha value is -0.970. The number of aromatic nitrogens is 4. The predicted molar refractivity (Wildman–Crippen MR) is 38.5 cm³/mol. The molecule has 2 heterocycles. The molecule has 0 unspecified atom stereocenters. The Kier molecular flexibility index (Phi) is 1.17. The summed E-state index contributed by atoms with van der Waals surface area (Å²) < 4.78 is 2.37. The summed E-state index contributed by atoms with van der Waals surface area (Å²) in [7, 11) is 0. The van der Waals surface area contributed by atoms with E-state index in [0.717, 1.165) is 10.3 Å². The van der Waals surface area contributed by atoms with Crippen molar-refractivity contribution in [3.8, 4) is 0 Å². The molecule has 0 radical (unpaired) electrons. The van der Waals surface area contributed by atoms with Crippen LogP contribution in [0.4, 0.5) is 0 Å². The second-order valence-corrected chi connectivity index (χ2v) is 2.59. The third kappa shape index (κ3) is 0.786. The summed E-state index contributed by atoms with van der Waals surface area (Å²) in [5.74, 6) is 0. The second-order valence-electron chi connectivity index (χ2n) is 1.77. The molecule has 0 spiro atoms. The lowest BCUT2D eigenvalue weighted by Crippen LogP contribution is -1.87. The van der Waals surface area contributed by atoms with E-state index < -0.39 is 0 Å². The number of hydrogen-bond acceptors (Lipinski definition) is 3. The Labute approximate surface area is 65.0 Å². The van der Waals surface area contributed by atoms with Gasteiger partial charge in [0.15, 0.2) is 5.65 Å². The first kappa shape index (κ1) is 5.79. The monoisotopic (exact) mass is 198 g/mol. The number of halogens is 1. The molecule has 10 heavy (non-hydrogen) atoms. The van der Waals surface area contributed by atoms with Crippen molar-refractivity contribution in [1.82, 2.24) is 19.6 Å². The van der Waals surface area contributed by atoms with Crippen LogP contribution in [-0.4, -0.2) is 19.6 Å². The van der Waals surface area contributed by atoms with Crippen LogP contribution in [-0.2, 0) is 0 Å². The van der Waals surface area contributed by atoms with Crippen LogP contribution in [0.15, 0.2) is 23.3 Å². The molecule has 0 aliphatic heterocycles. The second kappa shape index (κ2) is 2.02. The molecule has 0 atom stereocenters. The summed E-state index contributed by atoms with van der Waals surface area (Å²) in [4.78, 5) is 7.92. The molecular formula is C5H3BrN4. The lowest BCUT2D eigenvalue weighted by molar-refractivity contribution is 0.915. The first-order valence-electron chi connectivity index (χ1n) is 2.67. The van der Waals surface area contributed by atoms with E-state index in [2.05, 4.69) is 31.0 Å². The van der Waals surface area contributed by atoms with Gasteiger partial charge >= 0.3 is 0 Å². The van der Waals surface area contributed by atoms with Crippen LogP contribution in [0.3, 0.4) is 0 Å². The average Bonchev–Trinajstić information content (AvgIpc) is 2.33. The zero-order valence-corrected chi connectivity index (χ0v) is 6.48. The third-order valence-corrected chi connectivity index (χ3v) is 1.57. The summed E-state index contributed by atoms with van der Waals surface area (Å²) >= 11 is 3.22. The molecule has 2 aromatic rings. The molecule has 0 saturated carbocycles. The van der Waals surface area contributed by atoms with Gasteiger partial charge in [0.1, 0.15) is 17.3 Å². The first-order chi connectivity index (χ1) is 4.86. The summed E-state index contributed by atoms with van der Waals surface area (Å²) in [5.41, 5.74) is 0.793. The molecule has 2 aromatic heterocycles. The van der Waals surface area contributed by atoms with Gasteiger partial charge in [-0.05, 0) is 15.9 Å². The van der Waals surface area contributed by atoms with Gasteiger partial charge in [-0.15, -0.1) is 0 Å². The first-order valence-corrected chi connectivity index (χ1v) is 3.46. The van der Waals surface area contributed by atoms with E-state index >= 15 is 0 Å². The Morgan fingerprint density at radius 3 is 3.20 bits per heavy atom. The predicted octanol–water partition coefficient (Wildman–Crippen LogP) is 0.887. The third-order valence-electron chi connectivity index (χ3n) is 1.14. The van der Waals surface area contributed by atoms with Crippen LogP contribution >= 0.6 is 15.9 Å². The van der Waals surface area contributed by atoms with Gasteiger partial charge in [-0.1, -0.05) is 0 Å². The van der Waals surface area contributed by atoms with E-state index in [4.69, 9.17) is 0 Å². The minimum atomic E-state index is 0.771. The fourth-order valence-electron chi connectivity index (χ4n) is 0.705. The smallest absolute Gasteiger partial charge is 0.159 e. The van der Waals surface area contributed by atoms with Crippen molar-refractivity contribution in [2.45, 2.75) is 0 Å². The highest BCUT2D eigenvalue weighted by atomic mass is 79.9. The molecule has 0 saturated heterocycles. The summed E-state index contributed by atoms with van der Waals surface area (Å²) in [6, 6.07) is 1.80. The maximum Gasteiger partial charge on any atom is 0.159 e. The van der Waals surface area contributed by atoms with E-state index in [1.807, 2.05) is 0 Å². The normalized spacial score (nSPS) is 10.5. The van der Waals surface area contributed by atoms with Crippen molar-refractivity contribution in [2.75, 3.05) is 0 Å². The lowest BCUT2D eigenvalue weighted by atomic mass is 10.6. The maximum absolute atomic E-state index is 3.96. The topological polar surface area (TPSA) is 43.1 Å². The summed E-state index contributed by atoms with van der Waals surface area (Å²) in [6.07, 6.45) is 3.09. The number of rotatable bonds is 0. The van der Waals surface area contributed by atoms with Crippen molar-refractivity contribution in [2.24, 2.45) is 0 Å². The SMILES string of the molecule is Brc1cc2ncnn2cn1. The van der Waals surface area contributed by atoms with Gasteiger partial charge in [-0.3, -0.25) is 0 Å². The molecular weight excluding hydrogens is 196 g/mol. The standard InChI is InChI=1S/C5H3BrN4/c6-4-1-5-7-2-9-10(5)3-8-4/h1-3H. The Bertz CT molecular complexity index is 355. The fraction of sp³-hybridized carbons (Fsp3) is 0. The van der Waals surface area contributed by atoms with Gasteiger partial charge < -0.3 is 0 Å². The van der Waals surface area contributed by atoms with Gasteiger partial charge in [0.25, 0.3) is 0 Å². The van der Waals surface area contributed by atoms with E-state index in [9.17, 15) is 0 Å². The number of nitrogens with zero attached hydrogens (tertiary/aromatic N) is 4. The molecule has 2 rings (SSSR count). The Balaban J connectivity index is 2.86. The Morgan fingerprint density at radius 1 is 1.40 bits per heavy atom. The molecule has 50 valence electrons. The molecule has 0 aromatic carbocycles. The lowest BCUT2D eigenvalue weighted by Gasteiger charge is -1.88. The van der Waals surface area contributed by atoms with Crippen LogP contribution in [0.25, 0.3) is 5.65 Å². The number of fused-ring (bicyclic) bond motifs is 1. The molecule has 0 aliphatic rings. The van der Waals surface area contributed by atoms with Crippen LogP contribution in [0.2, 0.25) is 0 Å². The van der Waals surface area contributed by atoms with Gasteiger partial charge in [0.2, 0.25) is 0 Å². The quantitative estimate of drug-likeness (QED) is 0.591. The van der Waals surface area contributed by atoms with Gasteiger partial charge in [-0.25, -0.2) is 14.5 Å². The molecule has 5 heteroatoms. The van der Waals surface area contributed by atoms with Crippen molar-refractivity contribution < 1.29 is 0 Å². The molecule has 0 N–H and O–H groups in total. The van der Waals surface area contributed by atoms with Crippen molar-refractivity contribution >= 4 is 21.6 Å². The molecule has 0 fully saturated rings. The van der Waals surface area contributed by atoms with E-state index in [1.165, 1.54) is 6.33 Å². The van der Waals surface area contributed by atoms with Crippen LogP contribution in [0, 0.1) is 0 Å². The summed E-state index contributed by atoms with van der Waals surface area (Å²) in [5, 5.41) is 3.88. The van der Waals surface area contributed by atoms with E-state index in [1.54, 1.807) is 16.9 Å². The Morgan fingerprint density at radius 2 is 2.30 bits per heavy atom. The molecule has 0 bridgehead atoms. The summed E-state index contributed by atoms with van der Waals surface area (Å²) in [6.45, 7) is 0. The van der Waals surface area contributed by atoms with E-state index in [-0.39, 0.29) is 0 Å². The molecule has 4 nitrogen and oxygen atoms in total. The van der Waals surface area contributed by atoms with Crippen molar-refractivity contribution in [1.29, 1.82) is 0 Å². The largest absolute Gasteiger partial charge is 0.229 e.